The minimum absolute atomic E-state index is 0.0396. The lowest BCUT2D eigenvalue weighted by Gasteiger charge is -2.10. The summed E-state index contributed by atoms with van der Waals surface area (Å²) in [5.74, 6) is 0.932. The van der Waals surface area contributed by atoms with E-state index in [-0.39, 0.29) is 11.2 Å². The number of nitrogens with one attached hydrogen (secondary N) is 1. The summed E-state index contributed by atoms with van der Waals surface area (Å²) in [6.07, 6.45) is 0. The lowest BCUT2D eigenvalue weighted by molar-refractivity contribution is -0.115. The highest BCUT2D eigenvalue weighted by atomic mass is 79.9. The topological polar surface area (TPSA) is 54.9 Å². The van der Waals surface area contributed by atoms with Crippen LogP contribution < -0.4 is 5.32 Å². The maximum Gasteiger partial charge on any atom is 0.237 e. The Kier molecular flexibility index (Phi) is 6.53. The summed E-state index contributed by atoms with van der Waals surface area (Å²) >= 11 is 7.99. The van der Waals surface area contributed by atoms with Crippen LogP contribution in [0.2, 0.25) is 0 Å². The first kappa shape index (κ1) is 16.8. The Morgan fingerprint density at radius 2 is 2.00 bits per heavy atom. The van der Waals surface area contributed by atoms with Gasteiger partial charge in [-0.2, -0.15) is 0 Å². The normalized spacial score (nSPS) is 12.1. The fourth-order valence-corrected chi connectivity index (χ4v) is 4.73. The number of halogens is 1. The van der Waals surface area contributed by atoms with E-state index >= 15 is 0 Å². The summed E-state index contributed by atoms with van der Waals surface area (Å²) in [7, 11) is 0. The fourth-order valence-electron chi connectivity index (χ4n) is 1.41. The zero-order valence-electron chi connectivity index (χ0n) is 11.5. The fraction of sp³-hybridized carbons (Fsp3) is 0.308. The van der Waals surface area contributed by atoms with Crippen LogP contribution >= 0.6 is 50.8 Å². The van der Waals surface area contributed by atoms with E-state index in [1.165, 1.54) is 23.1 Å². The van der Waals surface area contributed by atoms with Gasteiger partial charge in [-0.1, -0.05) is 57.7 Å². The molecule has 1 N–H and O–H groups in total. The van der Waals surface area contributed by atoms with Crippen LogP contribution in [-0.4, -0.2) is 27.1 Å². The van der Waals surface area contributed by atoms with Crippen LogP contribution in [-0.2, 0) is 4.79 Å². The second-order valence-corrected chi connectivity index (χ2v) is 9.02. The molecule has 0 aliphatic rings. The van der Waals surface area contributed by atoms with Crippen LogP contribution in [0.3, 0.4) is 0 Å². The molecule has 0 aliphatic heterocycles. The van der Waals surface area contributed by atoms with Crippen molar-refractivity contribution in [2.24, 2.45) is 0 Å². The third-order valence-corrected chi connectivity index (χ3v) is 6.07. The Morgan fingerprint density at radius 1 is 1.33 bits per heavy atom. The molecule has 2 rings (SSSR count). The molecule has 0 saturated heterocycles. The Hall–Kier alpha value is -0.570. The van der Waals surface area contributed by atoms with E-state index < -0.39 is 0 Å². The van der Waals surface area contributed by atoms with E-state index in [0.717, 1.165) is 24.6 Å². The quantitative estimate of drug-likeness (QED) is 0.717. The molecule has 0 radical (unpaired) electrons. The number of carbonyl (C=O) groups excluding carboxylic acids is 1. The highest BCUT2D eigenvalue weighted by molar-refractivity contribution is 9.10. The van der Waals surface area contributed by atoms with E-state index in [2.05, 4.69) is 38.4 Å². The zero-order chi connectivity index (χ0) is 15.2. The van der Waals surface area contributed by atoms with E-state index in [1.807, 2.05) is 31.2 Å². The van der Waals surface area contributed by atoms with Gasteiger partial charge in [-0.15, -0.1) is 10.2 Å². The minimum Gasteiger partial charge on any atom is -0.325 e. The van der Waals surface area contributed by atoms with Gasteiger partial charge in [-0.3, -0.25) is 4.79 Å². The van der Waals surface area contributed by atoms with Gasteiger partial charge in [-0.05, 0) is 36.9 Å². The number of hydrogen-bond acceptors (Lipinski definition) is 6. The van der Waals surface area contributed by atoms with E-state index in [1.54, 1.807) is 11.8 Å². The molecule has 0 aliphatic carbocycles. The van der Waals surface area contributed by atoms with Crippen molar-refractivity contribution in [1.82, 2.24) is 10.2 Å². The van der Waals surface area contributed by atoms with Gasteiger partial charge in [0, 0.05) is 10.2 Å². The third-order valence-electron chi connectivity index (χ3n) is 2.41. The van der Waals surface area contributed by atoms with E-state index in [0.29, 0.717) is 0 Å². The monoisotopic (exact) mass is 403 g/mol. The summed E-state index contributed by atoms with van der Waals surface area (Å²) in [4.78, 5) is 12.1. The molecule has 0 saturated carbocycles. The second kappa shape index (κ2) is 8.17. The van der Waals surface area contributed by atoms with Crippen molar-refractivity contribution in [2.45, 2.75) is 27.8 Å². The number of anilines is 1. The molecule has 1 atom stereocenters. The van der Waals surface area contributed by atoms with Crippen LogP contribution in [0.25, 0.3) is 0 Å². The molecule has 1 unspecified atom stereocenters. The molecule has 1 amide bonds. The number of thioether (sulfide) groups is 2. The van der Waals surface area contributed by atoms with Gasteiger partial charge in [-0.25, -0.2) is 0 Å². The first-order valence-corrected chi connectivity index (χ1v) is 9.75. The minimum atomic E-state index is -0.221. The smallest absolute Gasteiger partial charge is 0.237 e. The number of rotatable bonds is 6. The van der Waals surface area contributed by atoms with Gasteiger partial charge < -0.3 is 5.32 Å². The predicted octanol–water partition coefficient (Wildman–Crippen LogP) is 4.53. The second-order valence-electron chi connectivity index (χ2n) is 4.02. The van der Waals surface area contributed by atoms with Crippen molar-refractivity contribution in [3.05, 3.63) is 28.7 Å². The van der Waals surface area contributed by atoms with Gasteiger partial charge in [0.1, 0.15) is 0 Å². The summed E-state index contributed by atoms with van der Waals surface area (Å²) in [5.41, 5.74) is 0.787. The molecular weight excluding hydrogens is 390 g/mol. The van der Waals surface area contributed by atoms with Crippen molar-refractivity contribution < 1.29 is 4.79 Å². The van der Waals surface area contributed by atoms with Crippen molar-refractivity contribution in [3.8, 4) is 0 Å². The molecule has 2 aromatic rings. The molecular formula is C13H14BrN3OS3. The van der Waals surface area contributed by atoms with Crippen LogP contribution in [0.5, 0.6) is 0 Å². The summed E-state index contributed by atoms with van der Waals surface area (Å²) in [6, 6.07) is 7.51. The predicted molar refractivity (Wildman–Crippen MR) is 94.4 cm³/mol. The molecule has 21 heavy (non-hydrogen) atoms. The van der Waals surface area contributed by atoms with E-state index in [4.69, 9.17) is 0 Å². The van der Waals surface area contributed by atoms with Crippen molar-refractivity contribution >= 4 is 62.4 Å². The molecule has 0 bridgehead atoms. The molecule has 4 nitrogen and oxygen atoms in total. The zero-order valence-corrected chi connectivity index (χ0v) is 15.5. The highest BCUT2D eigenvalue weighted by Gasteiger charge is 2.17. The maximum absolute atomic E-state index is 12.1. The van der Waals surface area contributed by atoms with Crippen LogP contribution in [0, 0.1) is 0 Å². The lowest BCUT2D eigenvalue weighted by atomic mass is 10.3. The number of hydrogen-bond donors (Lipinski definition) is 1. The highest BCUT2D eigenvalue weighted by Crippen LogP contribution is 2.31. The molecule has 1 aromatic heterocycles. The Morgan fingerprint density at radius 3 is 2.67 bits per heavy atom. The summed E-state index contributed by atoms with van der Waals surface area (Å²) in [5, 5.41) is 10.9. The van der Waals surface area contributed by atoms with Crippen LogP contribution in [0.1, 0.15) is 13.8 Å². The maximum atomic E-state index is 12.1. The van der Waals surface area contributed by atoms with Gasteiger partial charge in [0.2, 0.25) is 5.91 Å². The Bertz CT molecular complexity index is 603. The number of nitrogens with zero attached hydrogens (tertiary/aromatic N) is 2. The van der Waals surface area contributed by atoms with Gasteiger partial charge in [0.05, 0.1) is 5.25 Å². The Balaban J connectivity index is 1.90. The standard InChI is InChI=1S/C13H14BrN3OS3/c1-3-19-12-16-17-13(21-12)20-8(2)11(18)15-10-6-4-9(14)5-7-10/h4-8H,3H2,1-2H3,(H,15,18). The van der Waals surface area contributed by atoms with Crippen molar-refractivity contribution in [2.75, 3.05) is 11.1 Å². The number of amides is 1. The summed E-state index contributed by atoms with van der Waals surface area (Å²) in [6.45, 7) is 3.94. The largest absolute Gasteiger partial charge is 0.325 e. The number of benzene rings is 1. The number of aromatic nitrogens is 2. The first-order valence-electron chi connectivity index (χ1n) is 6.28. The average molecular weight is 404 g/mol. The molecule has 0 spiro atoms. The average Bonchev–Trinajstić information content (AvgIpc) is 2.89. The molecule has 0 fully saturated rings. The number of carbonyl (C=O) groups is 1. The van der Waals surface area contributed by atoms with Crippen molar-refractivity contribution in [3.63, 3.8) is 0 Å². The lowest BCUT2D eigenvalue weighted by Crippen LogP contribution is -2.22. The third kappa shape index (κ3) is 5.28. The molecule has 1 aromatic carbocycles. The first-order chi connectivity index (χ1) is 10.1. The van der Waals surface area contributed by atoms with Crippen molar-refractivity contribution in [1.29, 1.82) is 0 Å². The SMILES string of the molecule is CCSc1nnc(SC(C)C(=O)Nc2ccc(Br)cc2)s1. The Labute approximate surface area is 144 Å². The van der Waals surface area contributed by atoms with Crippen LogP contribution in [0.15, 0.2) is 37.4 Å². The molecule has 1 heterocycles. The summed E-state index contributed by atoms with van der Waals surface area (Å²) < 4.78 is 2.75. The van der Waals surface area contributed by atoms with Gasteiger partial charge >= 0.3 is 0 Å². The van der Waals surface area contributed by atoms with Gasteiger partial charge in [0.15, 0.2) is 8.68 Å². The molecule has 8 heteroatoms. The van der Waals surface area contributed by atoms with Gasteiger partial charge in [0.25, 0.3) is 0 Å². The van der Waals surface area contributed by atoms with E-state index in [9.17, 15) is 4.79 Å². The molecule has 112 valence electrons. The van der Waals surface area contributed by atoms with Crippen LogP contribution in [0.4, 0.5) is 5.69 Å².